The minimum Gasteiger partial charge on any atom is -0.478 e. The molecule has 0 radical (unpaired) electrons. The quantitative estimate of drug-likeness (QED) is 0.826. The fourth-order valence-electron chi connectivity index (χ4n) is 1.90. The van der Waals surface area contributed by atoms with E-state index in [1.165, 1.54) is 11.1 Å². The first-order valence-corrected chi connectivity index (χ1v) is 6.28. The van der Waals surface area contributed by atoms with Crippen LogP contribution in [0.1, 0.15) is 16.7 Å². The van der Waals surface area contributed by atoms with E-state index in [1.807, 2.05) is 30.3 Å². The second-order valence-corrected chi connectivity index (χ2v) is 4.40. The fraction of sp³-hybridized carbons (Fsp3) is 0.118. The maximum absolute atomic E-state index is 10.4. The highest BCUT2D eigenvalue weighted by Gasteiger charge is 1.96. The van der Waals surface area contributed by atoms with Crippen molar-refractivity contribution in [1.29, 1.82) is 0 Å². The Morgan fingerprint density at radius 1 is 0.895 bits per heavy atom. The molecule has 0 unspecified atom stereocenters. The van der Waals surface area contributed by atoms with Crippen molar-refractivity contribution in [3.63, 3.8) is 0 Å². The van der Waals surface area contributed by atoms with Gasteiger partial charge in [0, 0.05) is 6.08 Å². The minimum atomic E-state index is -0.923. The van der Waals surface area contributed by atoms with E-state index in [9.17, 15) is 4.79 Å². The molecule has 0 spiro atoms. The summed E-state index contributed by atoms with van der Waals surface area (Å²) < 4.78 is 0. The number of rotatable bonds is 5. The van der Waals surface area contributed by atoms with Crippen molar-refractivity contribution in [3.8, 4) is 0 Å². The van der Waals surface area contributed by atoms with Crippen molar-refractivity contribution in [3.05, 3.63) is 77.4 Å². The molecule has 0 aliphatic heterocycles. The lowest BCUT2D eigenvalue weighted by atomic mass is 10.0. The normalized spacial score (nSPS) is 10.7. The van der Waals surface area contributed by atoms with Crippen LogP contribution in [0.3, 0.4) is 0 Å². The molecule has 0 heterocycles. The third kappa shape index (κ3) is 4.43. The molecular formula is C17H16O2. The molecule has 2 aromatic rings. The molecule has 0 saturated carbocycles. The number of carboxylic acid groups (broad SMARTS) is 1. The lowest BCUT2D eigenvalue weighted by molar-refractivity contribution is -0.131. The van der Waals surface area contributed by atoms with Gasteiger partial charge in [-0.3, -0.25) is 0 Å². The van der Waals surface area contributed by atoms with Gasteiger partial charge in [0.25, 0.3) is 0 Å². The summed E-state index contributed by atoms with van der Waals surface area (Å²) in [6.07, 6.45) is 4.76. The summed E-state index contributed by atoms with van der Waals surface area (Å²) in [5.41, 5.74) is 3.50. The summed E-state index contributed by atoms with van der Waals surface area (Å²) in [5, 5.41) is 8.55. The Morgan fingerprint density at radius 2 is 1.47 bits per heavy atom. The molecule has 96 valence electrons. The highest BCUT2D eigenvalue weighted by molar-refractivity contribution is 5.85. The zero-order valence-electron chi connectivity index (χ0n) is 10.6. The van der Waals surface area contributed by atoms with Crippen LogP contribution >= 0.6 is 0 Å². The molecule has 2 aromatic carbocycles. The molecule has 0 fully saturated rings. The largest absolute Gasteiger partial charge is 0.478 e. The van der Waals surface area contributed by atoms with Gasteiger partial charge in [0.1, 0.15) is 0 Å². The van der Waals surface area contributed by atoms with Gasteiger partial charge in [0.05, 0.1) is 0 Å². The Kier molecular flexibility index (Phi) is 4.51. The SMILES string of the molecule is O=C(O)C=Cc1ccc(CCc2ccccc2)cc1. The smallest absolute Gasteiger partial charge is 0.328 e. The van der Waals surface area contributed by atoms with E-state index in [2.05, 4.69) is 24.3 Å². The second kappa shape index (κ2) is 6.55. The van der Waals surface area contributed by atoms with Gasteiger partial charge in [-0.25, -0.2) is 4.79 Å². The second-order valence-electron chi connectivity index (χ2n) is 4.40. The molecule has 2 heteroatoms. The predicted molar refractivity (Wildman–Crippen MR) is 77.0 cm³/mol. The standard InChI is InChI=1S/C17H16O2/c18-17(19)13-12-16-10-8-15(9-11-16)7-6-14-4-2-1-3-5-14/h1-5,8-13H,6-7H2,(H,18,19). The molecule has 1 N–H and O–H groups in total. The number of hydrogen-bond acceptors (Lipinski definition) is 1. The van der Waals surface area contributed by atoms with E-state index < -0.39 is 5.97 Å². The van der Waals surface area contributed by atoms with Crippen molar-refractivity contribution in [2.24, 2.45) is 0 Å². The van der Waals surface area contributed by atoms with Crippen LogP contribution in [-0.2, 0) is 17.6 Å². The molecule has 0 amide bonds. The summed E-state index contributed by atoms with van der Waals surface area (Å²) >= 11 is 0. The zero-order valence-corrected chi connectivity index (χ0v) is 10.6. The topological polar surface area (TPSA) is 37.3 Å². The van der Waals surface area contributed by atoms with E-state index in [4.69, 9.17) is 5.11 Å². The van der Waals surface area contributed by atoms with Gasteiger partial charge >= 0.3 is 5.97 Å². The first-order valence-electron chi connectivity index (χ1n) is 6.28. The Labute approximate surface area is 113 Å². The van der Waals surface area contributed by atoms with Crippen molar-refractivity contribution in [2.75, 3.05) is 0 Å². The fourth-order valence-corrected chi connectivity index (χ4v) is 1.90. The third-order valence-electron chi connectivity index (χ3n) is 2.94. The summed E-state index contributed by atoms with van der Waals surface area (Å²) in [7, 11) is 0. The average molecular weight is 252 g/mol. The van der Waals surface area contributed by atoms with Crippen LogP contribution < -0.4 is 0 Å². The molecule has 0 aromatic heterocycles. The van der Waals surface area contributed by atoms with Gasteiger partial charge in [-0.1, -0.05) is 54.6 Å². The monoisotopic (exact) mass is 252 g/mol. The molecule has 0 aliphatic carbocycles. The highest BCUT2D eigenvalue weighted by Crippen LogP contribution is 2.10. The van der Waals surface area contributed by atoms with Gasteiger partial charge in [-0.2, -0.15) is 0 Å². The molecule has 0 bridgehead atoms. The van der Waals surface area contributed by atoms with Crippen LogP contribution in [0.5, 0.6) is 0 Å². The van der Waals surface area contributed by atoms with Crippen LogP contribution in [0.25, 0.3) is 6.08 Å². The number of aliphatic carboxylic acids is 1. The van der Waals surface area contributed by atoms with Crippen LogP contribution in [-0.4, -0.2) is 11.1 Å². The van der Waals surface area contributed by atoms with Crippen LogP contribution in [0.2, 0.25) is 0 Å². The van der Waals surface area contributed by atoms with Crippen molar-refractivity contribution < 1.29 is 9.90 Å². The minimum absolute atomic E-state index is 0.908. The van der Waals surface area contributed by atoms with E-state index in [0.717, 1.165) is 24.5 Å². The van der Waals surface area contributed by atoms with Crippen molar-refractivity contribution >= 4 is 12.0 Å². The predicted octanol–water partition coefficient (Wildman–Crippen LogP) is 3.57. The first kappa shape index (κ1) is 13.1. The number of carbonyl (C=O) groups is 1. The van der Waals surface area contributed by atoms with E-state index in [0.29, 0.717) is 0 Å². The lowest BCUT2D eigenvalue weighted by Gasteiger charge is -2.02. The Bertz CT molecular complexity index is 554. The van der Waals surface area contributed by atoms with Crippen LogP contribution in [0.4, 0.5) is 0 Å². The Hall–Kier alpha value is -2.35. The van der Waals surface area contributed by atoms with E-state index in [-0.39, 0.29) is 0 Å². The van der Waals surface area contributed by atoms with Gasteiger partial charge in [0.15, 0.2) is 0 Å². The van der Waals surface area contributed by atoms with E-state index in [1.54, 1.807) is 6.08 Å². The average Bonchev–Trinajstić information content (AvgIpc) is 2.45. The Balaban J connectivity index is 1.94. The summed E-state index contributed by atoms with van der Waals surface area (Å²) in [4.78, 5) is 10.4. The molecule has 2 rings (SSSR count). The maximum atomic E-state index is 10.4. The number of carboxylic acids is 1. The summed E-state index contributed by atoms with van der Waals surface area (Å²) in [5.74, 6) is -0.923. The zero-order chi connectivity index (χ0) is 13.5. The molecular weight excluding hydrogens is 236 g/mol. The summed E-state index contributed by atoms with van der Waals surface area (Å²) in [6, 6.07) is 18.4. The van der Waals surface area contributed by atoms with Gasteiger partial charge in [-0.05, 0) is 35.6 Å². The van der Waals surface area contributed by atoms with Crippen LogP contribution in [0, 0.1) is 0 Å². The molecule has 2 nitrogen and oxygen atoms in total. The lowest BCUT2D eigenvalue weighted by Crippen LogP contribution is -1.91. The maximum Gasteiger partial charge on any atom is 0.328 e. The van der Waals surface area contributed by atoms with Gasteiger partial charge in [-0.15, -0.1) is 0 Å². The summed E-state index contributed by atoms with van der Waals surface area (Å²) in [6.45, 7) is 0. The van der Waals surface area contributed by atoms with Crippen molar-refractivity contribution in [1.82, 2.24) is 0 Å². The molecule has 19 heavy (non-hydrogen) atoms. The number of aryl methyl sites for hydroxylation is 2. The van der Waals surface area contributed by atoms with Gasteiger partial charge < -0.3 is 5.11 Å². The van der Waals surface area contributed by atoms with E-state index >= 15 is 0 Å². The number of benzene rings is 2. The van der Waals surface area contributed by atoms with Gasteiger partial charge in [0.2, 0.25) is 0 Å². The molecule has 0 aliphatic rings. The first-order chi connectivity index (χ1) is 9.24. The number of hydrogen-bond donors (Lipinski definition) is 1. The molecule has 0 atom stereocenters. The highest BCUT2D eigenvalue weighted by atomic mass is 16.4. The third-order valence-corrected chi connectivity index (χ3v) is 2.94. The van der Waals surface area contributed by atoms with Crippen LogP contribution in [0.15, 0.2) is 60.7 Å². The Morgan fingerprint density at radius 3 is 2.05 bits per heavy atom. The van der Waals surface area contributed by atoms with Crippen molar-refractivity contribution in [2.45, 2.75) is 12.8 Å². The molecule has 0 saturated heterocycles.